The van der Waals surface area contributed by atoms with Crippen molar-refractivity contribution in [1.82, 2.24) is 4.90 Å². The standard InChI is InChI=1S/C16H17NO5/c1-21-13-5-3-4-11(9-13)8-12(16(20)22-2)10-17-14(18)6-7-15(17)19/h3-5,8-9H,6-7,10H2,1-2H3/b12-8+. The minimum absolute atomic E-state index is 0.0818. The van der Waals surface area contributed by atoms with Gasteiger partial charge in [0.15, 0.2) is 0 Å². The van der Waals surface area contributed by atoms with E-state index in [0.29, 0.717) is 5.75 Å². The second kappa shape index (κ2) is 6.89. The van der Waals surface area contributed by atoms with Crippen LogP contribution >= 0.6 is 0 Å². The van der Waals surface area contributed by atoms with Crippen molar-refractivity contribution in [2.45, 2.75) is 12.8 Å². The van der Waals surface area contributed by atoms with Crippen LogP contribution in [0.3, 0.4) is 0 Å². The molecule has 6 nitrogen and oxygen atoms in total. The van der Waals surface area contributed by atoms with Gasteiger partial charge in [0.1, 0.15) is 5.75 Å². The minimum atomic E-state index is -0.574. The summed E-state index contributed by atoms with van der Waals surface area (Å²) in [5, 5.41) is 0. The van der Waals surface area contributed by atoms with Crippen LogP contribution in [-0.2, 0) is 19.1 Å². The van der Waals surface area contributed by atoms with Crippen molar-refractivity contribution in [3.63, 3.8) is 0 Å². The van der Waals surface area contributed by atoms with Gasteiger partial charge in [-0.25, -0.2) is 4.79 Å². The van der Waals surface area contributed by atoms with Crippen molar-refractivity contribution in [3.8, 4) is 5.75 Å². The Labute approximate surface area is 128 Å². The van der Waals surface area contributed by atoms with Gasteiger partial charge in [0.05, 0.1) is 26.3 Å². The first-order valence-corrected chi connectivity index (χ1v) is 6.81. The molecule has 1 fully saturated rings. The van der Waals surface area contributed by atoms with E-state index in [0.717, 1.165) is 10.5 Å². The average molecular weight is 303 g/mol. The van der Waals surface area contributed by atoms with E-state index in [1.165, 1.54) is 7.11 Å². The number of rotatable bonds is 5. The molecule has 22 heavy (non-hydrogen) atoms. The number of hydrogen-bond donors (Lipinski definition) is 0. The molecule has 1 aliphatic heterocycles. The van der Waals surface area contributed by atoms with Crippen molar-refractivity contribution >= 4 is 23.9 Å². The van der Waals surface area contributed by atoms with Gasteiger partial charge in [0.2, 0.25) is 11.8 Å². The normalized spacial score (nSPS) is 15.2. The summed E-state index contributed by atoms with van der Waals surface area (Å²) in [7, 11) is 2.81. The molecule has 6 heteroatoms. The lowest BCUT2D eigenvalue weighted by Gasteiger charge is -2.15. The Bertz CT molecular complexity index is 619. The molecule has 0 aromatic heterocycles. The number of methoxy groups -OCH3 is 2. The fraction of sp³-hybridized carbons (Fsp3) is 0.312. The second-order valence-electron chi connectivity index (χ2n) is 4.81. The van der Waals surface area contributed by atoms with Gasteiger partial charge in [-0.2, -0.15) is 0 Å². The summed E-state index contributed by atoms with van der Waals surface area (Å²) in [6.45, 7) is -0.0818. The van der Waals surface area contributed by atoms with Crippen LogP contribution in [0, 0.1) is 0 Å². The SMILES string of the molecule is COC(=O)/C(=C/c1cccc(OC)c1)CN1C(=O)CCC1=O. The molecule has 1 saturated heterocycles. The van der Waals surface area contributed by atoms with E-state index < -0.39 is 5.97 Å². The largest absolute Gasteiger partial charge is 0.497 e. The first-order chi connectivity index (χ1) is 10.5. The van der Waals surface area contributed by atoms with E-state index in [1.54, 1.807) is 37.5 Å². The zero-order chi connectivity index (χ0) is 16.1. The number of likely N-dealkylation sites (tertiary alicyclic amines) is 1. The first-order valence-electron chi connectivity index (χ1n) is 6.81. The molecule has 0 N–H and O–H groups in total. The molecule has 0 saturated carbocycles. The van der Waals surface area contributed by atoms with Gasteiger partial charge >= 0.3 is 5.97 Å². The van der Waals surface area contributed by atoms with Gasteiger partial charge in [0.25, 0.3) is 0 Å². The summed E-state index contributed by atoms with van der Waals surface area (Å²) in [5.41, 5.74) is 0.957. The number of hydrogen-bond acceptors (Lipinski definition) is 5. The van der Waals surface area contributed by atoms with Gasteiger partial charge in [-0.3, -0.25) is 14.5 Å². The minimum Gasteiger partial charge on any atom is -0.497 e. The lowest BCUT2D eigenvalue weighted by atomic mass is 10.1. The van der Waals surface area contributed by atoms with Crippen LogP contribution in [0.25, 0.3) is 6.08 Å². The summed E-state index contributed by atoms with van der Waals surface area (Å²) in [6.07, 6.45) is 1.96. The smallest absolute Gasteiger partial charge is 0.335 e. The maximum atomic E-state index is 11.9. The molecule has 1 aromatic rings. The van der Waals surface area contributed by atoms with Crippen LogP contribution in [0.5, 0.6) is 5.75 Å². The molecule has 0 spiro atoms. The number of nitrogens with zero attached hydrogens (tertiary/aromatic N) is 1. The maximum Gasteiger partial charge on any atom is 0.335 e. The van der Waals surface area contributed by atoms with Crippen molar-refractivity contribution in [1.29, 1.82) is 0 Å². The maximum absolute atomic E-state index is 11.9. The highest BCUT2D eigenvalue weighted by Crippen LogP contribution is 2.19. The molecule has 1 heterocycles. The fourth-order valence-electron chi connectivity index (χ4n) is 2.20. The van der Waals surface area contributed by atoms with Crippen LogP contribution < -0.4 is 4.74 Å². The number of esters is 1. The molecule has 1 aliphatic rings. The highest BCUT2D eigenvalue weighted by atomic mass is 16.5. The Morgan fingerprint density at radius 3 is 2.50 bits per heavy atom. The fourth-order valence-corrected chi connectivity index (χ4v) is 2.20. The summed E-state index contributed by atoms with van der Waals surface area (Å²) in [6, 6.07) is 7.10. The molecule has 1 aromatic carbocycles. The molecule has 0 aliphatic carbocycles. The third-order valence-corrected chi connectivity index (χ3v) is 3.37. The van der Waals surface area contributed by atoms with Gasteiger partial charge in [-0.1, -0.05) is 12.1 Å². The highest BCUT2D eigenvalue weighted by Gasteiger charge is 2.30. The molecular weight excluding hydrogens is 286 g/mol. The number of carbonyl (C=O) groups excluding carboxylic acids is 3. The quantitative estimate of drug-likeness (QED) is 0.467. The van der Waals surface area contributed by atoms with Crippen molar-refractivity contribution in [2.24, 2.45) is 0 Å². The zero-order valence-electron chi connectivity index (χ0n) is 12.5. The van der Waals surface area contributed by atoms with Crippen molar-refractivity contribution < 1.29 is 23.9 Å². The molecule has 2 amide bonds. The van der Waals surface area contributed by atoms with E-state index in [9.17, 15) is 14.4 Å². The van der Waals surface area contributed by atoms with Crippen LogP contribution in [0.15, 0.2) is 29.8 Å². The number of ether oxygens (including phenoxy) is 2. The van der Waals surface area contributed by atoms with Crippen molar-refractivity contribution in [2.75, 3.05) is 20.8 Å². The molecule has 2 rings (SSSR count). The number of carbonyl (C=O) groups is 3. The Hall–Kier alpha value is -2.63. The molecule has 0 unspecified atom stereocenters. The van der Waals surface area contributed by atoms with Gasteiger partial charge in [0, 0.05) is 12.8 Å². The molecular formula is C16H17NO5. The predicted octanol–water partition coefficient (Wildman–Crippen LogP) is 1.40. The number of imide groups is 1. The van der Waals surface area contributed by atoms with E-state index >= 15 is 0 Å². The van der Waals surface area contributed by atoms with Crippen LogP contribution in [-0.4, -0.2) is 43.4 Å². The Kier molecular flexibility index (Phi) is 4.93. The van der Waals surface area contributed by atoms with Gasteiger partial charge < -0.3 is 9.47 Å². The second-order valence-corrected chi connectivity index (χ2v) is 4.81. The molecule has 0 atom stereocenters. The Morgan fingerprint density at radius 2 is 1.91 bits per heavy atom. The lowest BCUT2D eigenvalue weighted by molar-refractivity contribution is -0.139. The summed E-state index contributed by atoms with van der Waals surface area (Å²) in [4.78, 5) is 36.4. The summed E-state index contributed by atoms with van der Waals surface area (Å²) in [5.74, 6) is -0.475. The average Bonchev–Trinajstić information content (AvgIpc) is 2.85. The molecule has 116 valence electrons. The third-order valence-electron chi connectivity index (χ3n) is 3.37. The van der Waals surface area contributed by atoms with E-state index in [1.807, 2.05) is 0 Å². The predicted molar refractivity (Wildman–Crippen MR) is 78.9 cm³/mol. The van der Waals surface area contributed by atoms with Gasteiger partial charge in [-0.15, -0.1) is 0 Å². The summed E-state index contributed by atoms with van der Waals surface area (Å²) >= 11 is 0. The highest BCUT2D eigenvalue weighted by molar-refractivity contribution is 6.04. The van der Waals surface area contributed by atoms with Gasteiger partial charge in [-0.05, 0) is 23.8 Å². The van der Waals surface area contributed by atoms with E-state index in [4.69, 9.17) is 9.47 Å². The summed E-state index contributed by atoms with van der Waals surface area (Å²) < 4.78 is 9.86. The van der Waals surface area contributed by atoms with Crippen LogP contribution in [0.1, 0.15) is 18.4 Å². The Balaban J connectivity index is 2.29. The monoisotopic (exact) mass is 303 g/mol. The first kappa shape index (κ1) is 15.8. The number of benzene rings is 1. The zero-order valence-corrected chi connectivity index (χ0v) is 12.5. The molecule has 0 radical (unpaired) electrons. The molecule has 0 bridgehead atoms. The van der Waals surface area contributed by atoms with Crippen molar-refractivity contribution in [3.05, 3.63) is 35.4 Å². The van der Waals surface area contributed by atoms with E-state index in [-0.39, 0.29) is 36.8 Å². The number of amides is 2. The van der Waals surface area contributed by atoms with E-state index in [2.05, 4.69) is 0 Å². The lowest BCUT2D eigenvalue weighted by Crippen LogP contribution is -2.32. The topological polar surface area (TPSA) is 72.9 Å². The van der Waals surface area contributed by atoms with Crippen LogP contribution in [0.4, 0.5) is 0 Å². The van der Waals surface area contributed by atoms with Crippen LogP contribution in [0.2, 0.25) is 0 Å². The Morgan fingerprint density at radius 1 is 1.23 bits per heavy atom. The third kappa shape index (κ3) is 3.52.